The van der Waals surface area contributed by atoms with Crippen LogP contribution >= 0.6 is 0 Å². The molecule has 18 heavy (non-hydrogen) atoms. The molecule has 0 atom stereocenters. The number of aryl methyl sites for hydroxylation is 1. The topological polar surface area (TPSA) is 37.8 Å². The number of aromatic nitrogens is 2. The molecule has 0 spiro atoms. The molecule has 0 saturated carbocycles. The van der Waals surface area contributed by atoms with Gasteiger partial charge in [0, 0.05) is 23.9 Å². The molecule has 1 aromatic heterocycles. The third-order valence-electron chi connectivity index (χ3n) is 2.39. The van der Waals surface area contributed by atoms with E-state index in [1.807, 2.05) is 13.0 Å². The van der Waals surface area contributed by atoms with E-state index in [-0.39, 0.29) is 0 Å². The summed E-state index contributed by atoms with van der Waals surface area (Å²) in [6.45, 7) is 2.40. The first kappa shape index (κ1) is 12.6. The van der Waals surface area contributed by atoms with Crippen LogP contribution in [0, 0.1) is 18.6 Å². The first-order valence-corrected chi connectivity index (χ1v) is 5.54. The number of hydrogen-bond acceptors (Lipinski definition) is 3. The lowest BCUT2D eigenvalue weighted by molar-refractivity contribution is 0.584. The summed E-state index contributed by atoms with van der Waals surface area (Å²) in [5, 5.41) is 2.97. The van der Waals surface area contributed by atoms with E-state index in [0.29, 0.717) is 17.9 Å². The van der Waals surface area contributed by atoms with E-state index in [4.69, 9.17) is 0 Å². The van der Waals surface area contributed by atoms with Crippen molar-refractivity contribution in [1.29, 1.82) is 0 Å². The Bertz CT molecular complexity index is 550. The van der Waals surface area contributed by atoms with E-state index in [0.717, 1.165) is 17.5 Å². The van der Waals surface area contributed by atoms with Crippen LogP contribution < -0.4 is 5.32 Å². The van der Waals surface area contributed by atoms with E-state index in [1.165, 1.54) is 12.1 Å². The number of nitrogens with one attached hydrogen (secondary N) is 1. The first-order valence-electron chi connectivity index (χ1n) is 5.54. The summed E-state index contributed by atoms with van der Waals surface area (Å²) in [5.74, 6) is -0.936. The van der Waals surface area contributed by atoms with E-state index in [1.54, 1.807) is 7.05 Å². The minimum atomic E-state index is -0.634. The lowest BCUT2D eigenvalue weighted by Gasteiger charge is -2.06. The maximum Gasteiger partial charge on any atom is 0.159 e. The number of nitrogens with zero attached hydrogens (tertiary/aromatic N) is 2. The second-order valence-corrected chi connectivity index (χ2v) is 4.01. The number of hydrogen-bond donors (Lipinski definition) is 1. The largest absolute Gasteiger partial charge is 0.314 e. The molecule has 0 radical (unpaired) electrons. The Morgan fingerprint density at radius 3 is 2.33 bits per heavy atom. The summed E-state index contributed by atoms with van der Waals surface area (Å²) in [5.41, 5.74) is 1.88. The van der Waals surface area contributed by atoms with Crippen molar-refractivity contribution in [1.82, 2.24) is 15.3 Å². The van der Waals surface area contributed by atoms with Gasteiger partial charge in [0.2, 0.25) is 0 Å². The second kappa shape index (κ2) is 5.18. The molecule has 0 aliphatic heterocycles. The zero-order chi connectivity index (χ0) is 13.1. The summed E-state index contributed by atoms with van der Waals surface area (Å²) in [6, 6.07) is 5.10. The summed E-state index contributed by atoms with van der Waals surface area (Å²) < 4.78 is 26.3. The summed E-state index contributed by atoms with van der Waals surface area (Å²) in [4.78, 5) is 8.47. The molecule has 0 fully saturated rings. The average Bonchev–Trinajstić information content (AvgIpc) is 2.27. The zero-order valence-corrected chi connectivity index (χ0v) is 10.2. The van der Waals surface area contributed by atoms with Gasteiger partial charge in [-0.05, 0) is 32.2 Å². The van der Waals surface area contributed by atoms with E-state index < -0.39 is 11.6 Å². The highest BCUT2D eigenvalue weighted by Crippen LogP contribution is 2.18. The van der Waals surface area contributed by atoms with E-state index in [2.05, 4.69) is 15.3 Å². The molecule has 0 amide bonds. The Morgan fingerprint density at radius 2 is 1.72 bits per heavy atom. The SMILES string of the molecule is CNCc1cc(C)nc(-c2cc(F)cc(F)c2)n1. The Kier molecular flexibility index (Phi) is 3.62. The van der Waals surface area contributed by atoms with Crippen LogP contribution in [0.2, 0.25) is 0 Å². The Hall–Kier alpha value is -1.88. The standard InChI is InChI=1S/C13H13F2N3/c1-8-3-12(7-16-2)18-13(17-8)9-4-10(14)6-11(15)5-9/h3-6,16H,7H2,1-2H3. The van der Waals surface area contributed by atoms with Crippen molar-refractivity contribution in [3.8, 4) is 11.4 Å². The highest BCUT2D eigenvalue weighted by Gasteiger charge is 2.08. The monoisotopic (exact) mass is 249 g/mol. The van der Waals surface area contributed by atoms with Gasteiger partial charge in [-0.1, -0.05) is 0 Å². The predicted octanol–water partition coefficient (Wildman–Crippen LogP) is 2.45. The van der Waals surface area contributed by atoms with Crippen molar-refractivity contribution < 1.29 is 8.78 Å². The zero-order valence-electron chi connectivity index (χ0n) is 10.2. The van der Waals surface area contributed by atoms with Gasteiger partial charge in [-0.2, -0.15) is 0 Å². The van der Waals surface area contributed by atoms with Crippen LogP contribution in [-0.4, -0.2) is 17.0 Å². The number of benzene rings is 1. The molecule has 1 N–H and O–H groups in total. The summed E-state index contributed by atoms with van der Waals surface area (Å²) in [6.07, 6.45) is 0. The van der Waals surface area contributed by atoms with Crippen LogP contribution in [0.3, 0.4) is 0 Å². The molecular weight excluding hydrogens is 236 g/mol. The van der Waals surface area contributed by atoms with Gasteiger partial charge in [0.25, 0.3) is 0 Å². The van der Waals surface area contributed by atoms with E-state index >= 15 is 0 Å². The second-order valence-electron chi connectivity index (χ2n) is 4.01. The van der Waals surface area contributed by atoms with E-state index in [9.17, 15) is 8.78 Å². The van der Waals surface area contributed by atoms with Gasteiger partial charge in [0.1, 0.15) is 11.6 Å². The maximum atomic E-state index is 13.2. The summed E-state index contributed by atoms with van der Waals surface area (Å²) >= 11 is 0. The third kappa shape index (κ3) is 2.87. The van der Waals surface area contributed by atoms with Gasteiger partial charge in [0.15, 0.2) is 5.82 Å². The maximum absolute atomic E-state index is 13.2. The third-order valence-corrected chi connectivity index (χ3v) is 2.39. The first-order chi connectivity index (χ1) is 8.58. The molecule has 3 nitrogen and oxygen atoms in total. The van der Waals surface area contributed by atoms with Gasteiger partial charge in [-0.25, -0.2) is 18.7 Å². The Balaban J connectivity index is 2.49. The summed E-state index contributed by atoms with van der Waals surface area (Å²) in [7, 11) is 1.80. The van der Waals surface area contributed by atoms with Crippen LogP contribution in [-0.2, 0) is 6.54 Å². The van der Waals surface area contributed by atoms with Crippen molar-refractivity contribution in [2.75, 3.05) is 7.05 Å². The van der Waals surface area contributed by atoms with Crippen LogP contribution in [0.15, 0.2) is 24.3 Å². The minimum Gasteiger partial charge on any atom is -0.314 e. The predicted molar refractivity (Wildman–Crippen MR) is 64.9 cm³/mol. The minimum absolute atomic E-state index is 0.332. The van der Waals surface area contributed by atoms with Gasteiger partial charge in [-0.3, -0.25) is 0 Å². The van der Waals surface area contributed by atoms with Gasteiger partial charge >= 0.3 is 0 Å². The fourth-order valence-electron chi connectivity index (χ4n) is 1.72. The molecule has 94 valence electrons. The molecule has 2 aromatic rings. The smallest absolute Gasteiger partial charge is 0.159 e. The van der Waals surface area contributed by atoms with Crippen molar-refractivity contribution in [3.05, 3.63) is 47.3 Å². The van der Waals surface area contributed by atoms with Gasteiger partial charge in [0.05, 0.1) is 5.69 Å². The lowest BCUT2D eigenvalue weighted by atomic mass is 10.2. The number of halogens is 2. The highest BCUT2D eigenvalue weighted by atomic mass is 19.1. The number of rotatable bonds is 3. The Labute approximate surface area is 104 Å². The molecule has 0 saturated heterocycles. The molecule has 0 bridgehead atoms. The molecular formula is C13H13F2N3. The normalized spacial score (nSPS) is 10.7. The van der Waals surface area contributed by atoms with Crippen LogP contribution in [0.1, 0.15) is 11.4 Å². The average molecular weight is 249 g/mol. The molecule has 5 heteroatoms. The molecule has 0 aliphatic rings. The van der Waals surface area contributed by atoms with Crippen molar-refractivity contribution in [2.24, 2.45) is 0 Å². The fourth-order valence-corrected chi connectivity index (χ4v) is 1.72. The molecule has 2 rings (SSSR count). The van der Waals surface area contributed by atoms with Crippen molar-refractivity contribution >= 4 is 0 Å². The molecule has 0 aliphatic carbocycles. The van der Waals surface area contributed by atoms with Gasteiger partial charge < -0.3 is 5.32 Å². The lowest BCUT2D eigenvalue weighted by Crippen LogP contribution is -2.08. The molecule has 1 heterocycles. The van der Waals surface area contributed by atoms with Gasteiger partial charge in [-0.15, -0.1) is 0 Å². The highest BCUT2D eigenvalue weighted by molar-refractivity contribution is 5.55. The quantitative estimate of drug-likeness (QED) is 0.908. The van der Waals surface area contributed by atoms with Crippen LogP contribution in [0.5, 0.6) is 0 Å². The Morgan fingerprint density at radius 1 is 1.06 bits per heavy atom. The molecule has 0 unspecified atom stereocenters. The molecule has 1 aromatic carbocycles. The van der Waals surface area contributed by atoms with Crippen LogP contribution in [0.25, 0.3) is 11.4 Å². The van der Waals surface area contributed by atoms with Crippen LogP contribution in [0.4, 0.5) is 8.78 Å². The van der Waals surface area contributed by atoms with Crippen molar-refractivity contribution in [2.45, 2.75) is 13.5 Å². The van der Waals surface area contributed by atoms with Crippen molar-refractivity contribution in [3.63, 3.8) is 0 Å². The fraction of sp³-hybridized carbons (Fsp3) is 0.231.